The van der Waals surface area contributed by atoms with Crippen molar-refractivity contribution in [2.45, 2.75) is 23.9 Å². The lowest BCUT2D eigenvalue weighted by Crippen LogP contribution is -2.15. The number of carbonyl (C=O) groups is 1. The number of ketones is 1. The minimum Gasteiger partial charge on any atom is -0.297 e. The van der Waals surface area contributed by atoms with Crippen LogP contribution in [0.25, 0.3) is 11.4 Å². The third-order valence-electron chi connectivity index (χ3n) is 4.60. The Labute approximate surface area is 187 Å². The van der Waals surface area contributed by atoms with Crippen LogP contribution in [0, 0.1) is 0 Å². The molecule has 4 rings (SSSR count). The molecule has 4 aromatic rings. The first-order chi connectivity index (χ1) is 14.6. The van der Waals surface area contributed by atoms with Crippen LogP contribution in [0.3, 0.4) is 0 Å². The summed E-state index contributed by atoms with van der Waals surface area (Å²) < 4.78 is 2.99. The van der Waals surface area contributed by atoms with Crippen LogP contribution in [-0.4, -0.2) is 30.8 Å². The summed E-state index contributed by atoms with van der Waals surface area (Å²) in [5.41, 5.74) is 2.70. The number of benzene rings is 2. The van der Waals surface area contributed by atoms with Crippen molar-refractivity contribution in [1.29, 1.82) is 0 Å². The Morgan fingerprint density at radius 1 is 1.03 bits per heavy atom. The summed E-state index contributed by atoms with van der Waals surface area (Å²) in [7, 11) is 0. The molecule has 1 atom stereocenters. The van der Waals surface area contributed by atoms with E-state index in [2.05, 4.69) is 43.2 Å². The fourth-order valence-corrected chi connectivity index (χ4v) is 4.24. The Kier molecular flexibility index (Phi) is 6.40. The van der Waals surface area contributed by atoms with Gasteiger partial charge >= 0.3 is 0 Å². The van der Waals surface area contributed by atoms with Crippen LogP contribution >= 0.6 is 27.7 Å². The number of carbonyl (C=O) groups excluding carboxylic acids is 1. The maximum absolute atomic E-state index is 12.9. The quantitative estimate of drug-likeness (QED) is 0.258. The van der Waals surface area contributed by atoms with E-state index in [0.29, 0.717) is 17.3 Å². The second kappa shape index (κ2) is 9.36. The fourth-order valence-electron chi connectivity index (χ4n) is 3.05. The number of pyridine rings is 1. The molecule has 0 fully saturated rings. The predicted octanol–water partition coefficient (Wildman–Crippen LogP) is 5.51. The molecule has 0 saturated heterocycles. The standard InChI is InChI=1S/C23H19BrN4OS/c1-16(21(29)18-9-11-20(24)12-10-18)30-23-27-26-22(19-8-5-13-25-14-19)28(23)15-17-6-3-2-4-7-17/h2-14,16H,15H2,1H3/t16-/m1/s1. The van der Waals surface area contributed by atoms with Crippen LogP contribution in [0.2, 0.25) is 0 Å². The molecule has 0 saturated carbocycles. The Bertz CT molecular complexity index is 1130. The molecular weight excluding hydrogens is 460 g/mol. The smallest absolute Gasteiger partial charge is 0.192 e. The van der Waals surface area contributed by atoms with E-state index in [-0.39, 0.29) is 11.0 Å². The average Bonchev–Trinajstić information content (AvgIpc) is 3.17. The number of halogens is 1. The van der Waals surface area contributed by atoms with Gasteiger partial charge in [0.05, 0.1) is 11.8 Å². The van der Waals surface area contributed by atoms with Gasteiger partial charge in [0.1, 0.15) is 0 Å². The van der Waals surface area contributed by atoms with Crippen molar-refractivity contribution in [1.82, 2.24) is 19.7 Å². The third kappa shape index (κ3) is 4.68. The molecule has 0 bridgehead atoms. The molecule has 2 aromatic carbocycles. The number of nitrogens with zero attached hydrogens (tertiary/aromatic N) is 4. The van der Waals surface area contributed by atoms with Gasteiger partial charge in [0.25, 0.3) is 0 Å². The lowest BCUT2D eigenvalue weighted by Gasteiger charge is -2.13. The summed E-state index contributed by atoms with van der Waals surface area (Å²) in [6.45, 7) is 2.51. The van der Waals surface area contributed by atoms with Gasteiger partial charge in [-0.1, -0.05) is 70.2 Å². The van der Waals surface area contributed by atoms with Crippen LogP contribution < -0.4 is 0 Å². The van der Waals surface area contributed by atoms with Crippen molar-refractivity contribution in [3.8, 4) is 11.4 Å². The molecule has 0 N–H and O–H groups in total. The van der Waals surface area contributed by atoms with Gasteiger partial charge in [0, 0.05) is 28.0 Å². The van der Waals surface area contributed by atoms with Crippen molar-refractivity contribution >= 4 is 33.5 Å². The van der Waals surface area contributed by atoms with Crippen molar-refractivity contribution in [2.24, 2.45) is 0 Å². The number of hydrogen-bond donors (Lipinski definition) is 0. The highest BCUT2D eigenvalue weighted by Crippen LogP contribution is 2.29. The fraction of sp³-hybridized carbons (Fsp3) is 0.130. The number of thioether (sulfide) groups is 1. The van der Waals surface area contributed by atoms with Crippen LogP contribution in [0.4, 0.5) is 0 Å². The zero-order valence-corrected chi connectivity index (χ0v) is 18.7. The Balaban J connectivity index is 1.64. The molecule has 0 aliphatic carbocycles. The van der Waals surface area contributed by atoms with Gasteiger partial charge in [-0.25, -0.2) is 0 Å². The minimum absolute atomic E-state index is 0.0599. The number of hydrogen-bond acceptors (Lipinski definition) is 5. The molecule has 7 heteroatoms. The summed E-state index contributed by atoms with van der Waals surface area (Å²) in [6.07, 6.45) is 3.51. The molecule has 0 unspecified atom stereocenters. The molecule has 5 nitrogen and oxygen atoms in total. The van der Waals surface area contributed by atoms with Gasteiger partial charge in [0.15, 0.2) is 16.8 Å². The van der Waals surface area contributed by atoms with E-state index in [0.717, 1.165) is 21.4 Å². The van der Waals surface area contributed by atoms with Crippen molar-refractivity contribution < 1.29 is 4.79 Å². The second-order valence-electron chi connectivity index (χ2n) is 6.75. The van der Waals surface area contributed by atoms with Gasteiger partial charge in [-0.3, -0.25) is 14.3 Å². The summed E-state index contributed by atoms with van der Waals surface area (Å²) in [6, 6.07) is 21.4. The van der Waals surface area contributed by atoms with Crippen molar-refractivity contribution in [3.05, 3.63) is 94.7 Å². The van der Waals surface area contributed by atoms with Gasteiger partial charge in [0.2, 0.25) is 0 Å². The lowest BCUT2D eigenvalue weighted by molar-refractivity contribution is 0.0994. The van der Waals surface area contributed by atoms with E-state index in [1.807, 2.05) is 66.1 Å². The first-order valence-corrected chi connectivity index (χ1v) is 11.1. The van der Waals surface area contributed by atoms with Gasteiger partial charge in [-0.2, -0.15) is 0 Å². The highest BCUT2D eigenvalue weighted by atomic mass is 79.9. The van der Waals surface area contributed by atoms with Gasteiger partial charge in [-0.15, -0.1) is 10.2 Å². The number of rotatable bonds is 7. The van der Waals surface area contributed by atoms with Gasteiger partial charge < -0.3 is 0 Å². The van der Waals surface area contributed by atoms with E-state index >= 15 is 0 Å². The molecule has 0 spiro atoms. The third-order valence-corrected chi connectivity index (χ3v) is 6.21. The molecule has 2 heterocycles. The average molecular weight is 479 g/mol. The minimum atomic E-state index is -0.299. The van der Waals surface area contributed by atoms with Crippen LogP contribution in [0.1, 0.15) is 22.8 Å². The van der Waals surface area contributed by atoms with Crippen LogP contribution in [-0.2, 0) is 6.54 Å². The molecule has 0 amide bonds. The van der Waals surface area contributed by atoms with E-state index in [1.54, 1.807) is 12.4 Å². The lowest BCUT2D eigenvalue weighted by atomic mass is 10.1. The normalized spacial score (nSPS) is 11.9. The first-order valence-electron chi connectivity index (χ1n) is 9.46. The monoisotopic (exact) mass is 478 g/mol. The largest absolute Gasteiger partial charge is 0.297 e. The molecular formula is C23H19BrN4OS. The molecule has 0 radical (unpaired) electrons. The van der Waals surface area contributed by atoms with E-state index in [4.69, 9.17) is 0 Å². The molecule has 150 valence electrons. The zero-order chi connectivity index (χ0) is 20.9. The van der Waals surface area contributed by atoms with Gasteiger partial charge in [-0.05, 0) is 36.8 Å². The number of Topliss-reactive ketones (excluding diaryl/α,β-unsaturated/α-hetero) is 1. The highest BCUT2D eigenvalue weighted by Gasteiger charge is 2.22. The van der Waals surface area contributed by atoms with Crippen LogP contribution in [0.5, 0.6) is 0 Å². The van der Waals surface area contributed by atoms with E-state index in [9.17, 15) is 4.79 Å². The molecule has 2 aromatic heterocycles. The van der Waals surface area contributed by atoms with Crippen molar-refractivity contribution in [3.63, 3.8) is 0 Å². The summed E-state index contributed by atoms with van der Waals surface area (Å²) >= 11 is 4.83. The Morgan fingerprint density at radius 2 is 1.80 bits per heavy atom. The van der Waals surface area contributed by atoms with Crippen LogP contribution in [0.15, 0.2) is 88.8 Å². The second-order valence-corrected chi connectivity index (χ2v) is 8.97. The Morgan fingerprint density at radius 3 is 2.50 bits per heavy atom. The predicted molar refractivity (Wildman–Crippen MR) is 123 cm³/mol. The molecule has 0 aliphatic heterocycles. The summed E-state index contributed by atoms with van der Waals surface area (Å²) in [4.78, 5) is 17.1. The zero-order valence-electron chi connectivity index (χ0n) is 16.3. The number of aromatic nitrogens is 4. The van der Waals surface area contributed by atoms with Crippen molar-refractivity contribution in [2.75, 3.05) is 0 Å². The SMILES string of the molecule is C[C@@H](Sc1nnc(-c2cccnc2)n1Cc1ccccc1)C(=O)c1ccc(Br)cc1. The summed E-state index contributed by atoms with van der Waals surface area (Å²) in [5, 5.41) is 9.23. The highest BCUT2D eigenvalue weighted by molar-refractivity contribution is 9.10. The Hall–Kier alpha value is -2.77. The van der Waals surface area contributed by atoms with E-state index in [1.165, 1.54) is 11.8 Å². The maximum Gasteiger partial charge on any atom is 0.192 e. The topological polar surface area (TPSA) is 60.7 Å². The summed E-state index contributed by atoms with van der Waals surface area (Å²) in [5.74, 6) is 0.794. The maximum atomic E-state index is 12.9. The van der Waals surface area contributed by atoms with E-state index < -0.39 is 0 Å². The first kappa shape index (κ1) is 20.5. The molecule has 30 heavy (non-hydrogen) atoms. The molecule has 0 aliphatic rings.